The molecule has 9 nitrogen and oxygen atoms in total. The average Bonchev–Trinajstić information content (AvgIpc) is 3.34. The van der Waals surface area contributed by atoms with Gasteiger partial charge in [-0.2, -0.15) is 0 Å². The minimum atomic E-state index is -0.455. The van der Waals surface area contributed by atoms with Crippen molar-refractivity contribution in [3.8, 4) is 22.6 Å². The van der Waals surface area contributed by atoms with Crippen LogP contribution in [0.2, 0.25) is 0 Å². The zero-order valence-electron chi connectivity index (χ0n) is 22.7. The molecule has 3 N–H and O–H groups in total. The van der Waals surface area contributed by atoms with E-state index in [1.54, 1.807) is 30.2 Å². The van der Waals surface area contributed by atoms with Crippen molar-refractivity contribution in [2.45, 2.75) is 39.4 Å². The fourth-order valence-corrected chi connectivity index (χ4v) is 4.82. The molecule has 0 bridgehead atoms. The number of nitrogens with two attached hydrogens (primary N) is 1. The van der Waals surface area contributed by atoms with Gasteiger partial charge in [0.05, 0.1) is 25.3 Å². The van der Waals surface area contributed by atoms with E-state index in [4.69, 9.17) is 15.2 Å². The molecule has 0 atom stereocenters. The molecule has 5 rings (SSSR count). The standard InChI is InChI=1S/C30H31N5O4/c1-30(2,3)34-27(36)21-14-25(39-5)24(38-4)13-20(21)17-10-11-23-22(12-17)26(33-29(31)32-23)28(37)35-15-18-8-6-7-9-19(18)16-35/h6-14H,15-16H2,1-5H3,(H,34,36)(H2,31,32,33). The number of anilines is 1. The quantitative estimate of drug-likeness (QED) is 0.391. The van der Waals surface area contributed by atoms with Crippen molar-refractivity contribution < 1.29 is 19.1 Å². The maximum Gasteiger partial charge on any atom is 0.273 e. The first kappa shape index (κ1) is 26.0. The fourth-order valence-electron chi connectivity index (χ4n) is 4.82. The van der Waals surface area contributed by atoms with Crippen LogP contribution in [0.15, 0.2) is 54.6 Å². The lowest BCUT2D eigenvalue weighted by Gasteiger charge is -2.22. The van der Waals surface area contributed by atoms with Crippen LogP contribution in [-0.2, 0) is 13.1 Å². The Bertz CT molecular complexity index is 1580. The lowest BCUT2D eigenvalue weighted by molar-refractivity contribution is 0.0747. The smallest absolute Gasteiger partial charge is 0.273 e. The number of amides is 2. The van der Waals surface area contributed by atoms with E-state index in [-0.39, 0.29) is 23.5 Å². The number of carbonyl (C=O) groups is 2. The summed E-state index contributed by atoms with van der Waals surface area (Å²) in [5.74, 6) is 0.423. The molecule has 39 heavy (non-hydrogen) atoms. The van der Waals surface area contributed by atoms with Crippen molar-refractivity contribution in [3.05, 3.63) is 77.0 Å². The number of nitrogens with one attached hydrogen (secondary N) is 1. The van der Waals surface area contributed by atoms with Crippen LogP contribution in [0, 0.1) is 0 Å². The number of rotatable bonds is 5. The Labute approximate surface area is 227 Å². The molecule has 4 aromatic rings. The summed E-state index contributed by atoms with van der Waals surface area (Å²) in [5.41, 5.74) is 10.2. The second-order valence-electron chi connectivity index (χ2n) is 10.5. The third-order valence-electron chi connectivity index (χ3n) is 6.61. The fraction of sp³-hybridized carbons (Fsp3) is 0.267. The molecule has 9 heteroatoms. The predicted octanol–water partition coefficient (Wildman–Crippen LogP) is 4.58. The summed E-state index contributed by atoms with van der Waals surface area (Å²) in [6, 6.07) is 16.8. The largest absolute Gasteiger partial charge is 0.493 e. The molecule has 2 amide bonds. The van der Waals surface area contributed by atoms with Gasteiger partial charge in [-0.1, -0.05) is 30.3 Å². The lowest BCUT2D eigenvalue weighted by atomic mass is 9.95. The average molecular weight is 526 g/mol. The van der Waals surface area contributed by atoms with E-state index >= 15 is 0 Å². The zero-order valence-corrected chi connectivity index (χ0v) is 22.7. The molecular weight excluding hydrogens is 494 g/mol. The number of hydrogen-bond donors (Lipinski definition) is 2. The Kier molecular flexibility index (Phi) is 6.59. The summed E-state index contributed by atoms with van der Waals surface area (Å²) in [6.07, 6.45) is 0. The number of nitrogen functional groups attached to an aromatic ring is 1. The zero-order chi connectivity index (χ0) is 27.9. The van der Waals surface area contributed by atoms with Gasteiger partial charge in [0.15, 0.2) is 11.5 Å². The highest BCUT2D eigenvalue weighted by molar-refractivity contribution is 6.07. The van der Waals surface area contributed by atoms with E-state index in [0.717, 1.165) is 11.1 Å². The minimum Gasteiger partial charge on any atom is -0.493 e. The van der Waals surface area contributed by atoms with Crippen LogP contribution in [0.5, 0.6) is 11.5 Å². The summed E-state index contributed by atoms with van der Waals surface area (Å²) in [4.78, 5) is 37.6. The van der Waals surface area contributed by atoms with E-state index in [9.17, 15) is 9.59 Å². The monoisotopic (exact) mass is 525 g/mol. The van der Waals surface area contributed by atoms with Crippen LogP contribution in [0.1, 0.15) is 52.7 Å². The molecular formula is C30H31N5O4. The number of ether oxygens (including phenoxy) is 2. The van der Waals surface area contributed by atoms with Gasteiger partial charge in [0, 0.05) is 24.0 Å². The second kappa shape index (κ2) is 9.90. The van der Waals surface area contributed by atoms with Gasteiger partial charge in [0.1, 0.15) is 5.69 Å². The highest BCUT2D eigenvalue weighted by Gasteiger charge is 2.28. The SMILES string of the molecule is COc1cc(C(=O)NC(C)(C)C)c(-c2ccc3nc(N)nc(C(=O)N4Cc5ccccc5C4)c3c2)cc1OC. The van der Waals surface area contributed by atoms with Crippen LogP contribution in [-0.4, -0.2) is 46.4 Å². The van der Waals surface area contributed by atoms with Crippen molar-refractivity contribution in [2.24, 2.45) is 0 Å². The second-order valence-corrected chi connectivity index (χ2v) is 10.5. The van der Waals surface area contributed by atoms with Gasteiger partial charge in [-0.3, -0.25) is 9.59 Å². The van der Waals surface area contributed by atoms with Crippen LogP contribution in [0.25, 0.3) is 22.0 Å². The van der Waals surface area contributed by atoms with Gasteiger partial charge in [0.25, 0.3) is 11.8 Å². The molecule has 0 saturated heterocycles. The number of carbonyl (C=O) groups excluding carboxylic acids is 2. The third-order valence-corrected chi connectivity index (χ3v) is 6.61. The lowest BCUT2D eigenvalue weighted by Crippen LogP contribution is -2.40. The van der Waals surface area contributed by atoms with Crippen LogP contribution in [0.3, 0.4) is 0 Å². The number of methoxy groups -OCH3 is 2. The van der Waals surface area contributed by atoms with Gasteiger partial charge < -0.3 is 25.4 Å². The van der Waals surface area contributed by atoms with E-state index in [1.165, 1.54) is 7.11 Å². The predicted molar refractivity (Wildman–Crippen MR) is 150 cm³/mol. The first-order valence-corrected chi connectivity index (χ1v) is 12.6. The van der Waals surface area contributed by atoms with Crippen LogP contribution in [0.4, 0.5) is 5.95 Å². The van der Waals surface area contributed by atoms with Crippen LogP contribution < -0.4 is 20.5 Å². The molecule has 0 fully saturated rings. The summed E-state index contributed by atoms with van der Waals surface area (Å²) in [6.45, 7) is 6.73. The molecule has 0 spiro atoms. The first-order chi connectivity index (χ1) is 18.6. The van der Waals surface area contributed by atoms with Crippen molar-refractivity contribution >= 4 is 28.7 Å². The van der Waals surface area contributed by atoms with Crippen molar-refractivity contribution in [1.29, 1.82) is 0 Å². The Morgan fingerprint density at radius 3 is 2.18 bits per heavy atom. The number of nitrogens with zero attached hydrogens (tertiary/aromatic N) is 3. The maximum atomic E-state index is 13.7. The highest BCUT2D eigenvalue weighted by atomic mass is 16.5. The van der Waals surface area contributed by atoms with Gasteiger partial charge >= 0.3 is 0 Å². The first-order valence-electron chi connectivity index (χ1n) is 12.6. The van der Waals surface area contributed by atoms with E-state index in [1.807, 2.05) is 57.2 Å². The van der Waals surface area contributed by atoms with E-state index < -0.39 is 5.54 Å². The van der Waals surface area contributed by atoms with Crippen LogP contribution >= 0.6 is 0 Å². The molecule has 1 aliphatic rings. The van der Waals surface area contributed by atoms with E-state index in [0.29, 0.717) is 52.2 Å². The van der Waals surface area contributed by atoms with Gasteiger partial charge in [-0.25, -0.2) is 9.97 Å². The normalized spacial score (nSPS) is 12.8. The molecule has 0 unspecified atom stereocenters. The summed E-state index contributed by atoms with van der Waals surface area (Å²) in [5, 5.41) is 3.56. The number of benzene rings is 3. The molecule has 0 saturated carbocycles. The Morgan fingerprint density at radius 2 is 1.56 bits per heavy atom. The third kappa shape index (κ3) is 5.07. The number of hydrogen-bond acceptors (Lipinski definition) is 7. The van der Waals surface area contributed by atoms with Crippen molar-refractivity contribution in [2.75, 3.05) is 20.0 Å². The molecule has 2 heterocycles. The number of aromatic nitrogens is 2. The highest BCUT2D eigenvalue weighted by Crippen LogP contribution is 2.37. The van der Waals surface area contributed by atoms with E-state index in [2.05, 4.69) is 15.3 Å². The molecule has 0 radical (unpaired) electrons. The molecule has 3 aromatic carbocycles. The topological polar surface area (TPSA) is 120 Å². The Hall–Kier alpha value is -4.66. The summed E-state index contributed by atoms with van der Waals surface area (Å²) in [7, 11) is 3.06. The van der Waals surface area contributed by atoms with Gasteiger partial charge in [-0.05, 0) is 67.3 Å². The molecule has 1 aromatic heterocycles. The van der Waals surface area contributed by atoms with Gasteiger partial charge in [-0.15, -0.1) is 0 Å². The summed E-state index contributed by atoms with van der Waals surface area (Å²) < 4.78 is 11.0. The summed E-state index contributed by atoms with van der Waals surface area (Å²) >= 11 is 0. The molecule has 200 valence electrons. The molecule has 1 aliphatic heterocycles. The van der Waals surface area contributed by atoms with Crippen molar-refractivity contribution in [1.82, 2.24) is 20.2 Å². The number of fused-ring (bicyclic) bond motifs is 2. The Balaban J connectivity index is 1.63. The minimum absolute atomic E-state index is 0.0201. The van der Waals surface area contributed by atoms with Gasteiger partial charge in [0.2, 0.25) is 5.95 Å². The maximum absolute atomic E-state index is 13.7. The molecule has 0 aliphatic carbocycles. The van der Waals surface area contributed by atoms with Crippen molar-refractivity contribution in [3.63, 3.8) is 0 Å². The Morgan fingerprint density at radius 1 is 0.923 bits per heavy atom.